The van der Waals surface area contributed by atoms with Crippen molar-refractivity contribution >= 4 is 17.7 Å². The number of hydrogen-bond donors (Lipinski definition) is 2. The Bertz CT molecular complexity index is 313. The zero-order chi connectivity index (χ0) is 14.4. The fourth-order valence-electron chi connectivity index (χ4n) is 3.48. The first-order chi connectivity index (χ1) is 9.72. The predicted molar refractivity (Wildman–Crippen MR) is 84.1 cm³/mol. The molecule has 5 heteroatoms. The molecule has 2 unspecified atom stereocenters. The molecule has 1 saturated heterocycles. The summed E-state index contributed by atoms with van der Waals surface area (Å²) in [7, 11) is 1.70. The number of methoxy groups -OCH3 is 1. The standard InChI is InChI=1S/C15H28N2O2S/c1-19-11-15(7-9-16-10-8-15)14(18)17-12-5-3-4-6-13(12)20-2/h12-13,16H,3-11H2,1-2H3,(H,17,18). The van der Waals surface area contributed by atoms with Crippen LogP contribution in [0.5, 0.6) is 0 Å². The molecule has 1 saturated carbocycles. The summed E-state index contributed by atoms with van der Waals surface area (Å²) in [5.74, 6) is 0.215. The topological polar surface area (TPSA) is 50.4 Å². The van der Waals surface area contributed by atoms with Gasteiger partial charge in [0.1, 0.15) is 0 Å². The van der Waals surface area contributed by atoms with Crippen LogP contribution in [0.1, 0.15) is 38.5 Å². The smallest absolute Gasteiger partial charge is 0.228 e. The summed E-state index contributed by atoms with van der Waals surface area (Å²) in [6.45, 7) is 2.36. The molecule has 2 N–H and O–H groups in total. The van der Waals surface area contributed by atoms with Crippen LogP contribution in [0.2, 0.25) is 0 Å². The number of piperidine rings is 1. The van der Waals surface area contributed by atoms with Crippen LogP contribution >= 0.6 is 11.8 Å². The van der Waals surface area contributed by atoms with Crippen molar-refractivity contribution in [2.24, 2.45) is 5.41 Å². The van der Waals surface area contributed by atoms with Gasteiger partial charge in [-0.2, -0.15) is 11.8 Å². The van der Waals surface area contributed by atoms with E-state index < -0.39 is 0 Å². The van der Waals surface area contributed by atoms with E-state index in [1.807, 2.05) is 11.8 Å². The molecule has 1 aliphatic heterocycles. The SMILES string of the molecule is COCC1(C(=O)NC2CCCCC2SC)CCNCC1. The quantitative estimate of drug-likeness (QED) is 0.813. The van der Waals surface area contributed by atoms with E-state index in [2.05, 4.69) is 16.9 Å². The van der Waals surface area contributed by atoms with Gasteiger partial charge in [-0.05, 0) is 45.0 Å². The Hall–Kier alpha value is -0.260. The second-order valence-corrected chi connectivity index (χ2v) is 7.18. The number of carbonyl (C=O) groups excluding carboxylic acids is 1. The Morgan fingerprint density at radius 3 is 2.70 bits per heavy atom. The monoisotopic (exact) mass is 300 g/mol. The minimum atomic E-state index is -0.319. The third kappa shape index (κ3) is 3.68. The average Bonchev–Trinajstić information content (AvgIpc) is 2.49. The van der Waals surface area contributed by atoms with Crippen LogP contribution in [0.4, 0.5) is 0 Å². The van der Waals surface area contributed by atoms with Crippen molar-refractivity contribution in [3.63, 3.8) is 0 Å². The molecule has 1 aliphatic carbocycles. The lowest BCUT2D eigenvalue weighted by molar-refractivity contribution is -0.137. The van der Waals surface area contributed by atoms with Gasteiger partial charge in [0, 0.05) is 18.4 Å². The number of amides is 1. The van der Waals surface area contributed by atoms with E-state index in [0.29, 0.717) is 17.9 Å². The fraction of sp³-hybridized carbons (Fsp3) is 0.933. The maximum Gasteiger partial charge on any atom is 0.228 e. The van der Waals surface area contributed by atoms with Crippen LogP contribution in [0, 0.1) is 5.41 Å². The van der Waals surface area contributed by atoms with E-state index >= 15 is 0 Å². The van der Waals surface area contributed by atoms with Crippen molar-refractivity contribution in [2.45, 2.75) is 49.8 Å². The molecule has 2 fully saturated rings. The van der Waals surface area contributed by atoms with Gasteiger partial charge in [-0.15, -0.1) is 0 Å². The van der Waals surface area contributed by atoms with Gasteiger partial charge in [0.2, 0.25) is 5.91 Å². The maximum absolute atomic E-state index is 12.8. The summed E-state index contributed by atoms with van der Waals surface area (Å²) >= 11 is 1.90. The summed E-state index contributed by atoms with van der Waals surface area (Å²) < 4.78 is 5.35. The fourth-order valence-corrected chi connectivity index (χ4v) is 4.42. The van der Waals surface area contributed by atoms with Crippen LogP contribution in [-0.2, 0) is 9.53 Å². The summed E-state index contributed by atoms with van der Waals surface area (Å²) in [6, 6.07) is 0.342. The highest BCUT2D eigenvalue weighted by molar-refractivity contribution is 7.99. The summed E-state index contributed by atoms with van der Waals surface area (Å²) in [5.41, 5.74) is -0.319. The van der Waals surface area contributed by atoms with Crippen molar-refractivity contribution in [1.29, 1.82) is 0 Å². The van der Waals surface area contributed by atoms with E-state index in [9.17, 15) is 4.79 Å². The van der Waals surface area contributed by atoms with Crippen molar-refractivity contribution in [3.05, 3.63) is 0 Å². The molecule has 0 radical (unpaired) electrons. The highest BCUT2D eigenvalue weighted by Crippen LogP contribution is 2.32. The van der Waals surface area contributed by atoms with Crippen LogP contribution in [0.15, 0.2) is 0 Å². The number of carbonyl (C=O) groups is 1. The lowest BCUT2D eigenvalue weighted by Gasteiger charge is -2.39. The Balaban J connectivity index is 2.00. The largest absolute Gasteiger partial charge is 0.384 e. The lowest BCUT2D eigenvalue weighted by atomic mass is 9.78. The van der Waals surface area contributed by atoms with Crippen molar-refractivity contribution in [3.8, 4) is 0 Å². The highest BCUT2D eigenvalue weighted by Gasteiger charge is 2.41. The highest BCUT2D eigenvalue weighted by atomic mass is 32.2. The van der Waals surface area contributed by atoms with Crippen molar-refractivity contribution < 1.29 is 9.53 Å². The molecule has 20 heavy (non-hydrogen) atoms. The first-order valence-electron chi connectivity index (χ1n) is 7.75. The predicted octanol–water partition coefficient (Wildman–Crippen LogP) is 1.79. The van der Waals surface area contributed by atoms with Gasteiger partial charge in [0.25, 0.3) is 0 Å². The van der Waals surface area contributed by atoms with Crippen molar-refractivity contribution in [1.82, 2.24) is 10.6 Å². The molecule has 116 valence electrons. The molecule has 1 heterocycles. The molecular weight excluding hydrogens is 272 g/mol. The molecule has 2 atom stereocenters. The zero-order valence-electron chi connectivity index (χ0n) is 12.7. The number of rotatable bonds is 5. The van der Waals surface area contributed by atoms with Gasteiger partial charge >= 0.3 is 0 Å². The Morgan fingerprint density at radius 2 is 2.05 bits per heavy atom. The zero-order valence-corrected chi connectivity index (χ0v) is 13.6. The van der Waals surface area contributed by atoms with Crippen LogP contribution in [0.3, 0.4) is 0 Å². The van der Waals surface area contributed by atoms with Crippen LogP contribution in [0.25, 0.3) is 0 Å². The first kappa shape index (κ1) is 16.1. The van der Waals surface area contributed by atoms with Gasteiger partial charge in [0.05, 0.1) is 12.0 Å². The number of hydrogen-bond acceptors (Lipinski definition) is 4. The molecule has 2 rings (SSSR count). The van der Waals surface area contributed by atoms with Crippen LogP contribution < -0.4 is 10.6 Å². The minimum Gasteiger partial charge on any atom is -0.384 e. The van der Waals surface area contributed by atoms with Gasteiger partial charge in [-0.25, -0.2) is 0 Å². The molecule has 0 aromatic carbocycles. The molecule has 2 aliphatic rings. The van der Waals surface area contributed by atoms with E-state index in [1.54, 1.807) is 7.11 Å². The van der Waals surface area contributed by atoms with Gasteiger partial charge in [0.15, 0.2) is 0 Å². The summed E-state index contributed by atoms with van der Waals surface area (Å²) in [5, 5.41) is 7.26. The third-order valence-electron chi connectivity index (χ3n) is 4.78. The van der Waals surface area contributed by atoms with E-state index in [4.69, 9.17) is 4.74 Å². The van der Waals surface area contributed by atoms with E-state index in [0.717, 1.165) is 32.4 Å². The Labute approximate surface area is 126 Å². The van der Waals surface area contributed by atoms with E-state index in [-0.39, 0.29) is 11.3 Å². The summed E-state index contributed by atoms with van der Waals surface area (Å²) in [4.78, 5) is 12.8. The molecule has 0 aromatic heterocycles. The number of ether oxygens (including phenoxy) is 1. The maximum atomic E-state index is 12.8. The van der Waals surface area contributed by atoms with Gasteiger partial charge in [-0.3, -0.25) is 4.79 Å². The molecule has 0 aromatic rings. The first-order valence-corrected chi connectivity index (χ1v) is 9.04. The molecule has 4 nitrogen and oxygen atoms in total. The normalized spacial score (nSPS) is 29.9. The van der Waals surface area contributed by atoms with Gasteiger partial charge < -0.3 is 15.4 Å². The molecule has 1 amide bonds. The van der Waals surface area contributed by atoms with Gasteiger partial charge in [-0.1, -0.05) is 12.8 Å². The second kappa shape index (κ2) is 7.66. The average molecular weight is 300 g/mol. The molecule has 0 bridgehead atoms. The lowest BCUT2D eigenvalue weighted by Crippen LogP contribution is -2.54. The Kier molecular flexibility index (Phi) is 6.18. The second-order valence-electron chi connectivity index (χ2n) is 6.10. The molecular formula is C15H28N2O2S. The minimum absolute atomic E-state index is 0.215. The number of thioether (sulfide) groups is 1. The van der Waals surface area contributed by atoms with Crippen LogP contribution in [-0.4, -0.2) is 50.3 Å². The third-order valence-corrected chi connectivity index (χ3v) is 5.95. The Morgan fingerprint density at radius 1 is 1.35 bits per heavy atom. The molecule has 0 spiro atoms. The van der Waals surface area contributed by atoms with Crippen molar-refractivity contribution in [2.75, 3.05) is 33.1 Å². The summed E-state index contributed by atoms with van der Waals surface area (Å²) in [6.07, 6.45) is 8.80. The number of nitrogens with one attached hydrogen (secondary N) is 2. The van der Waals surface area contributed by atoms with E-state index in [1.165, 1.54) is 19.3 Å².